The molecule has 0 fully saturated rings. The number of nitrogens with one attached hydrogen (secondary N) is 2. The second-order valence-electron chi connectivity index (χ2n) is 10.2. The van der Waals surface area contributed by atoms with E-state index in [1.807, 2.05) is 50.2 Å². The lowest BCUT2D eigenvalue weighted by molar-refractivity contribution is -0.113. The summed E-state index contributed by atoms with van der Waals surface area (Å²) in [5, 5.41) is 11.1. The number of nitrogens with zero attached hydrogens (tertiary/aromatic N) is 3. The van der Waals surface area contributed by atoms with Gasteiger partial charge in [-0.25, -0.2) is 4.68 Å². The predicted molar refractivity (Wildman–Crippen MR) is 144 cm³/mol. The quantitative estimate of drug-likeness (QED) is 0.347. The maximum absolute atomic E-state index is 13.7. The molecule has 2 N–H and O–H groups in total. The largest absolute Gasteiger partial charge is 0.495 e. The number of amides is 1. The number of fused-ring (bicyclic) bond motifs is 1. The van der Waals surface area contributed by atoms with Crippen molar-refractivity contribution < 1.29 is 13.9 Å². The molecule has 3 heterocycles. The monoisotopic (exact) mass is 497 g/mol. The molecule has 0 aliphatic carbocycles. The Labute approximate surface area is 216 Å². The fraction of sp³-hybridized carbons (Fsp3) is 0.276. The van der Waals surface area contributed by atoms with Crippen molar-refractivity contribution in [1.29, 1.82) is 0 Å². The fourth-order valence-corrected chi connectivity index (χ4v) is 4.49. The van der Waals surface area contributed by atoms with Crippen LogP contribution < -0.4 is 15.4 Å². The average Bonchev–Trinajstić information content (AvgIpc) is 3.49. The van der Waals surface area contributed by atoms with Gasteiger partial charge in [-0.15, -0.1) is 5.10 Å². The Morgan fingerprint density at radius 1 is 1.05 bits per heavy atom. The number of aryl methyl sites for hydroxylation is 1. The number of para-hydroxylation sites is 2. The highest BCUT2D eigenvalue weighted by molar-refractivity contribution is 6.06. The minimum atomic E-state index is -0.602. The lowest BCUT2D eigenvalue weighted by Crippen LogP contribution is -2.31. The number of carbonyl (C=O) groups excluding carboxylic acids is 1. The number of aromatic nitrogens is 3. The van der Waals surface area contributed by atoms with Crippen LogP contribution in [-0.2, 0) is 10.2 Å². The normalized spacial score (nSPS) is 15.2. The first kappa shape index (κ1) is 24.4. The third-order valence-corrected chi connectivity index (χ3v) is 6.49. The average molecular weight is 498 g/mol. The number of allylic oxidation sites excluding steroid dienone is 1. The van der Waals surface area contributed by atoms with Gasteiger partial charge in [0.25, 0.3) is 5.91 Å². The number of rotatable bonds is 5. The summed E-state index contributed by atoms with van der Waals surface area (Å²) in [4.78, 5) is 18.5. The third kappa shape index (κ3) is 4.62. The van der Waals surface area contributed by atoms with Crippen LogP contribution in [0.15, 0.2) is 76.4 Å². The van der Waals surface area contributed by atoms with E-state index in [1.165, 1.54) is 5.56 Å². The van der Waals surface area contributed by atoms with Crippen molar-refractivity contribution in [2.24, 2.45) is 0 Å². The highest BCUT2D eigenvalue weighted by Gasteiger charge is 2.36. The van der Waals surface area contributed by atoms with Crippen LogP contribution in [-0.4, -0.2) is 27.8 Å². The first-order chi connectivity index (χ1) is 17.7. The van der Waals surface area contributed by atoms with E-state index in [9.17, 15) is 4.79 Å². The van der Waals surface area contributed by atoms with Crippen molar-refractivity contribution in [3.05, 3.63) is 89.0 Å². The molecule has 0 saturated heterocycles. The molecule has 1 unspecified atom stereocenters. The summed E-state index contributed by atoms with van der Waals surface area (Å²) in [6, 6.07) is 18.7. The topological polar surface area (TPSA) is 94.2 Å². The Hall–Kier alpha value is -4.33. The molecule has 2 aromatic carbocycles. The summed E-state index contributed by atoms with van der Waals surface area (Å²) >= 11 is 0. The Morgan fingerprint density at radius 2 is 1.78 bits per heavy atom. The van der Waals surface area contributed by atoms with Gasteiger partial charge in [0.2, 0.25) is 5.95 Å². The van der Waals surface area contributed by atoms with Crippen molar-refractivity contribution in [3.8, 4) is 17.1 Å². The van der Waals surface area contributed by atoms with Crippen LogP contribution in [0.4, 0.5) is 11.6 Å². The number of hydrogen-bond acceptors (Lipinski definition) is 6. The number of anilines is 2. The molecule has 1 atom stereocenters. The van der Waals surface area contributed by atoms with Crippen LogP contribution in [0.5, 0.6) is 5.75 Å². The molecule has 5 rings (SSSR count). The Balaban J connectivity index is 1.55. The molecule has 190 valence electrons. The second-order valence-corrected chi connectivity index (χ2v) is 10.2. The molecular formula is C29H31N5O3. The van der Waals surface area contributed by atoms with E-state index in [0.717, 1.165) is 11.3 Å². The van der Waals surface area contributed by atoms with Crippen LogP contribution in [0.2, 0.25) is 0 Å². The predicted octanol–water partition coefficient (Wildman–Crippen LogP) is 6.08. The highest BCUT2D eigenvalue weighted by atomic mass is 16.5. The van der Waals surface area contributed by atoms with Gasteiger partial charge in [0, 0.05) is 11.3 Å². The molecular weight excluding hydrogens is 466 g/mol. The molecule has 8 nitrogen and oxygen atoms in total. The number of hydrogen-bond donors (Lipinski definition) is 2. The Morgan fingerprint density at radius 3 is 2.43 bits per heavy atom. The van der Waals surface area contributed by atoms with E-state index >= 15 is 0 Å². The maximum atomic E-state index is 13.7. The number of ether oxygens (including phenoxy) is 1. The standard InChI is InChI=1S/C29H31N5O3/c1-17-11-16-23(37-17)25-24(27(35)31-21-9-7-8-10-22(21)36-6)18(2)30-28-32-26(33-34(25)28)19-12-14-20(15-13-19)29(3,4)5/h7-16,25H,1-6H3,(H,31,35)(H,30,32,33). The summed E-state index contributed by atoms with van der Waals surface area (Å²) in [5.41, 5.74) is 3.90. The van der Waals surface area contributed by atoms with Crippen LogP contribution in [0.3, 0.4) is 0 Å². The zero-order chi connectivity index (χ0) is 26.3. The molecule has 0 saturated carbocycles. The smallest absolute Gasteiger partial charge is 0.256 e. The summed E-state index contributed by atoms with van der Waals surface area (Å²) < 4.78 is 13.2. The molecule has 0 spiro atoms. The van der Waals surface area contributed by atoms with Crippen molar-refractivity contribution in [2.75, 3.05) is 17.7 Å². The zero-order valence-corrected chi connectivity index (χ0v) is 21.9. The van der Waals surface area contributed by atoms with Gasteiger partial charge >= 0.3 is 0 Å². The third-order valence-electron chi connectivity index (χ3n) is 6.49. The molecule has 4 aromatic rings. The fourth-order valence-electron chi connectivity index (χ4n) is 4.49. The van der Waals surface area contributed by atoms with E-state index in [-0.39, 0.29) is 11.3 Å². The zero-order valence-electron chi connectivity index (χ0n) is 21.9. The number of methoxy groups -OCH3 is 1. The number of carbonyl (C=O) groups is 1. The van der Waals surface area contributed by atoms with Crippen LogP contribution >= 0.6 is 0 Å². The van der Waals surface area contributed by atoms with Crippen LogP contribution in [0.1, 0.15) is 50.8 Å². The molecule has 8 heteroatoms. The molecule has 1 amide bonds. The molecule has 1 aliphatic heterocycles. The van der Waals surface area contributed by atoms with E-state index < -0.39 is 6.04 Å². The van der Waals surface area contributed by atoms with E-state index in [4.69, 9.17) is 19.2 Å². The summed E-state index contributed by atoms with van der Waals surface area (Å²) in [6.07, 6.45) is 0. The van der Waals surface area contributed by atoms with Gasteiger partial charge in [-0.3, -0.25) is 4.79 Å². The van der Waals surface area contributed by atoms with Crippen LogP contribution in [0, 0.1) is 6.92 Å². The summed E-state index contributed by atoms with van der Waals surface area (Å²) in [6.45, 7) is 10.3. The molecule has 37 heavy (non-hydrogen) atoms. The van der Waals surface area contributed by atoms with Gasteiger partial charge in [-0.1, -0.05) is 57.2 Å². The van der Waals surface area contributed by atoms with Gasteiger partial charge in [-0.2, -0.15) is 4.98 Å². The van der Waals surface area contributed by atoms with Gasteiger partial charge in [0.1, 0.15) is 23.3 Å². The van der Waals surface area contributed by atoms with Gasteiger partial charge in [0.05, 0.1) is 18.4 Å². The van der Waals surface area contributed by atoms with Crippen molar-refractivity contribution in [2.45, 2.75) is 46.1 Å². The minimum absolute atomic E-state index is 0.0495. The lowest BCUT2D eigenvalue weighted by atomic mass is 9.87. The number of benzene rings is 2. The Bertz CT molecular complexity index is 1490. The van der Waals surface area contributed by atoms with Gasteiger partial charge < -0.3 is 19.8 Å². The molecule has 2 aromatic heterocycles. The molecule has 1 aliphatic rings. The minimum Gasteiger partial charge on any atom is -0.495 e. The SMILES string of the molecule is COc1ccccc1NC(=O)C1=C(C)Nc2nc(-c3ccc(C(C)(C)C)cc3)nn2C1c1ccc(C)o1. The van der Waals surface area contributed by atoms with Crippen molar-refractivity contribution >= 4 is 17.5 Å². The summed E-state index contributed by atoms with van der Waals surface area (Å²) in [7, 11) is 1.57. The highest BCUT2D eigenvalue weighted by Crippen LogP contribution is 2.38. The van der Waals surface area contributed by atoms with Gasteiger partial charge in [0.15, 0.2) is 5.82 Å². The first-order valence-electron chi connectivity index (χ1n) is 12.2. The summed E-state index contributed by atoms with van der Waals surface area (Å²) in [5.74, 6) is 2.74. The molecule has 0 bridgehead atoms. The van der Waals surface area contributed by atoms with E-state index in [2.05, 4.69) is 43.5 Å². The van der Waals surface area contributed by atoms with Crippen LogP contribution in [0.25, 0.3) is 11.4 Å². The van der Waals surface area contributed by atoms with E-state index in [1.54, 1.807) is 23.9 Å². The lowest BCUT2D eigenvalue weighted by Gasteiger charge is -2.27. The van der Waals surface area contributed by atoms with Crippen molar-refractivity contribution in [3.63, 3.8) is 0 Å². The Kier molecular flexibility index (Phi) is 6.11. The maximum Gasteiger partial charge on any atom is 0.256 e. The number of furan rings is 1. The van der Waals surface area contributed by atoms with Crippen molar-refractivity contribution in [1.82, 2.24) is 14.8 Å². The van der Waals surface area contributed by atoms with Gasteiger partial charge in [-0.05, 0) is 49.1 Å². The molecule has 0 radical (unpaired) electrons. The second kappa shape index (κ2) is 9.28. The van der Waals surface area contributed by atoms with E-state index in [0.29, 0.717) is 40.2 Å². The first-order valence-corrected chi connectivity index (χ1v) is 12.2.